The predicted octanol–water partition coefficient (Wildman–Crippen LogP) is 4.56. The average molecular weight is 406 g/mol. The van der Waals surface area contributed by atoms with Gasteiger partial charge in [-0.3, -0.25) is 9.78 Å². The van der Waals surface area contributed by atoms with Crippen LogP contribution in [0, 0.1) is 11.7 Å². The van der Waals surface area contributed by atoms with Crippen LogP contribution < -0.4 is 5.32 Å². The zero-order valence-electron chi connectivity index (χ0n) is 16.5. The Balaban J connectivity index is 1.45. The Morgan fingerprint density at radius 2 is 1.86 bits per heavy atom. The lowest BCUT2D eigenvalue weighted by Gasteiger charge is -2.36. The van der Waals surface area contributed by atoms with Gasteiger partial charge in [0.25, 0.3) is 11.8 Å². The molecule has 29 heavy (non-hydrogen) atoms. The summed E-state index contributed by atoms with van der Waals surface area (Å²) in [5.74, 6) is -4.70. The molecule has 1 amide bonds. The van der Waals surface area contributed by atoms with Crippen molar-refractivity contribution in [2.24, 2.45) is 5.92 Å². The molecule has 2 N–H and O–H groups in total. The molecule has 2 fully saturated rings. The topological polar surface area (TPSA) is 62.2 Å². The highest BCUT2D eigenvalue weighted by atomic mass is 19.3. The van der Waals surface area contributed by atoms with Crippen molar-refractivity contribution < 1.29 is 23.1 Å². The second-order valence-electron chi connectivity index (χ2n) is 8.98. The van der Waals surface area contributed by atoms with E-state index in [1.165, 1.54) is 24.4 Å². The largest absolute Gasteiger partial charge is 0.390 e. The number of aromatic nitrogens is 1. The van der Waals surface area contributed by atoms with Crippen LogP contribution in [0.3, 0.4) is 0 Å². The van der Waals surface area contributed by atoms with Gasteiger partial charge < -0.3 is 10.4 Å². The fourth-order valence-corrected chi connectivity index (χ4v) is 4.32. The van der Waals surface area contributed by atoms with Crippen LogP contribution in [0.2, 0.25) is 0 Å². The van der Waals surface area contributed by atoms with Crippen LogP contribution in [0.15, 0.2) is 24.4 Å². The molecular formula is C22H25F3N2O2. The van der Waals surface area contributed by atoms with Crippen molar-refractivity contribution in [2.75, 3.05) is 0 Å². The molecule has 0 saturated heterocycles. The molecule has 0 radical (unpaired) electrons. The number of carbonyl (C=O) groups is 1. The molecule has 1 heterocycles. The normalized spacial score (nSPS) is 26.3. The van der Waals surface area contributed by atoms with Gasteiger partial charge in [-0.05, 0) is 69.2 Å². The quantitative estimate of drug-likeness (QED) is 0.783. The number of benzene rings is 1. The molecule has 0 spiro atoms. The first-order valence-corrected chi connectivity index (χ1v) is 10.0. The Labute approximate surface area is 167 Å². The van der Waals surface area contributed by atoms with Crippen molar-refractivity contribution in [3.05, 3.63) is 41.3 Å². The smallest absolute Gasteiger partial charge is 0.256 e. The maximum Gasteiger partial charge on any atom is 0.256 e. The van der Waals surface area contributed by atoms with Crippen molar-refractivity contribution in [3.63, 3.8) is 0 Å². The summed E-state index contributed by atoms with van der Waals surface area (Å²) in [4.78, 5) is 16.8. The third-order valence-corrected chi connectivity index (χ3v) is 6.32. The van der Waals surface area contributed by atoms with Crippen LogP contribution in [0.25, 0.3) is 10.9 Å². The molecule has 1 aromatic carbocycles. The fourth-order valence-electron chi connectivity index (χ4n) is 4.32. The molecule has 1 aromatic heterocycles. The first-order chi connectivity index (χ1) is 13.5. The molecule has 4 nitrogen and oxygen atoms in total. The number of nitrogens with zero attached hydrogens (tertiary/aromatic N) is 1. The van der Waals surface area contributed by atoms with Crippen LogP contribution in [0.4, 0.5) is 13.2 Å². The molecule has 2 saturated carbocycles. The minimum absolute atomic E-state index is 0.0178. The van der Waals surface area contributed by atoms with Gasteiger partial charge in [0.1, 0.15) is 5.82 Å². The van der Waals surface area contributed by atoms with Gasteiger partial charge >= 0.3 is 0 Å². The van der Waals surface area contributed by atoms with Crippen molar-refractivity contribution in [3.8, 4) is 0 Å². The first-order valence-electron chi connectivity index (χ1n) is 10.0. The highest BCUT2D eigenvalue weighted by Crippen LogP contribution is 2.56. The minimum atomic E-state index is -2.85. The number of alkyl halides is 2. The maximum atomic E-state index is 14.3. The van der Waals surface area contributed by atoms with E-state index in [4.69, 9.17) is 0 Å². The van der Waals surface area contributed by atoms with Crippen molar-refractivity contribution >= 4 is 16.8 Å². The second kappa shape index (κ2) is 6.97. The summed E-state index contributed by atoms with van der Waals surface area (Å²) in [6, 6.07) is 4.10. The monoisotopic (exact) mass is 406 g/mol. The highest BCUT2D eigenvalue weighted by Gasteiger charge is 2.58. The number of halogens is 3. The SMILES string of the molecule is CC(C)(O)C1CCC(NC(=O)c2cnc3cc(C4CC4(F)F)c(F)cc3c2)CC1. The van der Waals surface area contributed by atoms with Crippen LogP contribution in [0.5, 0.6) is 0 Å². The van der Waals surface area contributed by atoms with Crippen molar-refractivity contribution in [1.29, 1.82) is 0 Å². The number of nitrogens with one attached hydrogen (secondary N) is 1. The van der Waals surface area contributed by atoms with E-state index in [1.807, 2.05) is 13.8 Å². The van der Waals surface area contributed by atoms with E-state index in [9.17, 15) is 23.1 Å². The Bertz CT molecular complexity index is 947. The number of rotatable bonds is 4. The zero-order chi connectivity index (χ0) is 21.0. The van der Waals surface area contributed by atoms with Gasteiger partial charge in [0, 0.05) is 24.0 Å². The highest BCUT2D eigenvalue weighted by molar-refractivity contribution is 5.97. The van der Waals surface area contributed by atoms with E-state index in [1.54, 1.807) is 0 Å². The molecule has 2 aromatic rings. The van der Waals surface area contributed by atoms with Crippen LogP contribution in [-0.4, -0.2) is 33.6 Å². The second-order valence-corrected chi connectivity index (χ2v) is 8.98. The standard InChI is InChI=1S/C22H25F3N2O2/c1-21(2,29)14-3-5-15(6-4-14)27-20(28)13-7-12-8-18(23)16(9-19(12)26-11-13)17-10-22(17,24)25/h7-9,11,14-15,17,29H,3-6,10H2,1-2H3,(H,27,28). The summed E-state index contributed by atoms with van der Waals surface area (Å²) in [6.07, 6.45) is 4.30. The summed E-state index contributed by atoms with van der Waals surface area (Å²) in [7, 11) is 0. The van der Waals surface area contributed by atoms with Gasteiger partial charge in [-0.2, -0.15) is 0 Å². The molecule has 7 heteroatoms. The van der Waals surface area contributed by atoms with E-state index in [2.05, 4.69) is 10.3 Å². The number of hydrogen-bond acceptors (Lipinski definition) is 3. The van der Waals surface area contributed by atoms with Gasteiger partial charge in [0.05, 0.1) is 22.6 Å². The molecule has 2 aliphatic rings. The summed E-state index contributed by atoms with van der Waals surface area (Å²) in [5.41, 5.74) is -0.0296. The van der Waals surface area contributed by atoms with Gasteiger partial charge in [0.15, 0.2) is 0 Å². The molecule has 0 bridgehead atoms. The molecule has 1 unspecified atom stereocenters. The Hall–Kier alpha value is -2.15. The number of pyridine rings is 1. The summed E-state index contributed by atoms with van der Waals surface area (Å²) in [6.45, 7) is 3.62. The lowest BCUT2D eigenvalue weighted by molar-refractivity contribution is -0.00257. The summed E-state index contributed by atoms with van der Waals surface area (Å²) in [5, 5.41) is 13.5. The number of amides is 1. The fraction of sp³-hybridized carbons (Fsp3) is 0.545. The van der Waals surface area contributed by atoms with Gasteiger partial charge in [-0.1, -0.05) is 0 Å². The predicted molar refractivity (Wildman–Crippen MR) is 104 cm³/mol. The molecule has 0 aliphatic heterocycles. The number of fused-ring (bicyclic) bond motifs is 1. The molecule has 156 valence electrons. The average Bonchev–Trinajstić information content (AvgIpc) is 3.28. The lowest BCUT2D eigenvalue weighted by atomic mass is 9.77. The van der Waals surface area contributed by atoms with E-state index in [0.29, 0.717) is 16.5 Å². The third-order valence-electron chi connectivity index (χ3n) is 6.32. The number of carbonyl (C=O) groups excluding carboxylic acids is 1. The maximum absolute atomic E-state index is 14.3. The Kier molecular flexibility index (Phi) is 4.84. The molecule has 1 atom stereocenters. The summed E-state index contributed by atoms with van der Waals surface area (Å²) >= 11 is 0. The van der Waals surface area contributed by atoms with Crippen LogP contribution >= 0.6 is 0 Å². The van der Waals surface area contributed by atoms with Gasteiger partial charge in [0.2, 0.25) is 0 Å². The number of hydrogen-bond donors (Lipinski definition) is 2. The molecule has 4 rings (SSSR count). The minimum Gasteiger partial charge on any atom is -0.390 e. The van der Waals surface area contributed by atoms with Crippen LogP contribution in [-0.2, 0) is 0 Å². The molecular weight excluding hydrogens is 381 g/mol. The zero-order valence-corrected chi connectivity index (χ0v) is 16.5. The van der Waals surface area contributed by atoms with E-state index in [-0.39, 0.29) is 29.9 Å². The van der Waals surface area contributed by atoms with Crippen molar-refractivity contribution in [2.45, 2.75) is 69.4 Å². The lowest BCUT2D eigenvalue weighted by Crippen LogP contribution is -2.41. The van der Waals surface area contributed by atoms with E-state index < -0.39 is 23.3 Å². The van der Waals surface area contributed by atoms with Gasteiger partial charge in [-0.15, -0.1) is 0 Å². The Morgan fingerprint density at radius 1 is 1.21 bits per heavy atom. The van der Waals surface area contributed by atoms with E-state index in [0.717, 1.165) is 25.7 Å². The summed E-state index contributed by atoms with van der Waals surface area (Å²) < 4.78 is 40.9. The Morgan fingerprint density at radius 3 is 2.45 bits per heavy atom. The third kappa shape index (κ3) is 4.10. The molecule has 2 aliphatic carbocycles. The number of aliphatic hydroxyl groups is 1. The van der Waals surface area contributed by atoms with Crippen LogP contribution in [0.1, 0.15) is 67.8 Å². The van der Waals surface area contributed by atoms with E-state index >= 15 is 0 Å². The first kappa shape index (κ1) is 20.1. The van der Waals surface area contributed by atoms with Gasteiger partial charge in [-0.25, -0.2) is 13.2 Å². The van der Waals surface area contributed by atoms with Crippen molar-refractivity contribution in [1.82, 2.24) is 10.3 Å².